The molecule has 3 aliphatic heterocycles. The summed E-state index contributed by atoms with van der Waals surface area (Å²) in [7, 11) is 2.17. The maximum Gasteiger partial charge on any atom is 0.338 e. The third-order valence-corrected chi connectivity index (χ3v) is 7.95. The zero-order valence-electron chi connectivity index (χ0n) is 18.8. The summed E-state index contributed by atoms with van der Waals surface area (Å²) in [6.07, 6.45) is 5.61. The van der Waals surface area contributed by atoms with Crippen molar-refractivity contribution >= 4 is 17.8 Å². The zero-order chi connectivity index (χ0) is 22.5. The molecule has 0 aromatic heterocycles. The summed E-state index contributed by atoms with van der Waals surface area (Å²) in [5.41, 5.74) is 3.96. The van der Waals surface area contributed by atoms with E-state index in [1.165, 1.54) is 5.56 Å². The van der Waals surface area contributed by atoms with E-state index in [1.807, 2.05) is 17.0 Å². The summed E-state index contributed by atoms with van der Waals surface area (Å²) in [5, 5.41) is 0. The van der Waals surface area contributed by atoms with Crippen molar-refractivity contribution in [2.75, 3.05) is 26.7 Å². The molecule has 3 heterocycles. The minimum Gasteiger partial charge on any atom is -0.457 e. The van der Waals surface area contributed by atoms with Gasteiger partial charge in [0.15, 0.2) is 0 Å². The highest BCUT2D eigenvalue weighted by molar-refractivity contribution is 5.94. The van der Waals surface area contributed by atoms with Gasteiger partial charge in [-0.3, -0.25) is 4.79 Å². The van der Waals surface area contributed by atoms with E-state index < -0.39 is 0 Å². The highest BCUT2D eigenvalue weighted by Gasteiger charge is 2.50. The van der Waals surface area contributed by atoms with Crippen LogP contribution in [-0.2, 0) is 32.1 Å². The van der Waals surface area contributed by atoms with Gasteiger partial charge < -0.3 is 19.3 Å². The average molecular weight is 439 g/mol. The molecule has 1 aromatic carbocycles. The molecule has 0 bridgehead atoms. The van der Waals surface area contributed by atoms with Crippen molar-refractivity contribution in [1.29, 1.82) is 0 Å². The molecule has 1 saturated heterocycles. The van der Waals surface area contributed by atoms with Crippen LogP contribution in [0.3, 0.4) is 0 Å². The van der Waals surface area contributed by atoms with Gasteiger partial charge >= 0.3 is 11.9 Å². The van der Waals surface area contributed by atoms with E-state index in [0.717, 1.165) is 56.3 Å². The fourth-order valence-electron chi connectivity index (χ4n) is 5.72. The van der Waals surface area contributed by atoms with Crippen LogP contribution in [0, 0.1) is 5.41 Å². The van der Waals surface area contributed by atoms with Crippen LogP contribution in [0.5, 0.6) is 0 Å². The van der Waals surface area contributed by atoms with Crippen LogP contribution in [-0.4, -0.2) is 60.4 Å². The van der Waals surface area contributed by atoms with Crippen LogP contribution in [0.1, 0.15) is 60.5 Å². The maximum atomic E-state index is 13.3. The largest absolute Gasteiger partial charge is 0.457 e. The first-order valence-electron chi connectivity index (χ1n) is 11.6. The first-order valence-corrected chi connectivity index (χ1v) is 11.6. The van der Waals surface area contributed by atoms with Gasteiger partial charge in [0.1, 0.15) is 13.2 Å². The molecule has 1 spiro atoms. The second-order valence-corrected chi connectivity index (χ2v) is 9.66. The molecule has 1 aromatic rings. The van der Waals surface area contributed by atoms with E-state index in [4.69, 9.17) is 9.47 Å². The van der Waals surface area contributed by atoms with Gasteiger partial charge in [0, 0.05) is 24.7 Å². The predicted octanol–water partition coefficient (Wildman–Crippen LogP) is 2.82. The van der Waals surface area contributed by atoms with E-state index in [9.17, 15) is 14.4 Å². The van der Waals surface area contributed by atoms with E-state index in [1.54, 1.807) is 6.92 Å². The number of hydrogen-bond donors (Lipinski definition) is 0. The number of esters is 2. The number of likely N-dealkylation sites (N-methyl/N-ethyl adjacent to an activating group) is 1. The molecule has 1 aliphatic carbocycles. The second kappa shape index (κ2) is 8.03. The number of nitrogens with zero attached hydrogens (tertiary/aromatic N) is 2. The van der Waals surface area contributed by atoms with Crippen LogP contribution in [0.15, 0.2) is 29.5 Å². The summed E-state index contributed by atoms with van der Waals surface area (Å²) >= 11 is 0. The SMILES string of the molecule is CC1=C(N2CC[C@]3(CC[C@H](N(C)CCc4ccc5c(c4)COC5=O)CC3)C2=O)COC1=O. The van der Waals surface area contributed by atoms with Crippen molar-refractivity contribution in [3.05, 3.63) is 46.2 Å². The molecular formula is C25H30N2O5. The normalized spacial score (nSPS) is 27.5. The zero-order valence-corrected chi connectivity index (χ0v) is 18.8. The lowest BCUT2D eigenvalue weighted by molar-refractivity contribution is -0.138. The molecule has 32 heavy (non-hydrogen) atoms. The smallest absolute Gasteiger partial charge is 0.338 e. The van der Waals surface area contributed by atoms with Crippen molar-refractivity contribution in [3.8, 4) is 0 Å². The van der Waals surface area contributed by atoms with Crippen molar-refractivity contribution in [1.82, 2.24) is 9.80 Å². The maximum absolute atomic E-state index is 13.3. The molecule has 2 fully saturated rings. The fourth-order valence-corrected chi connectivity index (χ4v) is 5.72. The van der Waals surface area contributed by atoms with Crippen LogP contribution in [0.4, 0.5) is 0 Å². The minimum absolute atomic E-state index is 0.182. The van der Waals surface area contributed by atoms with Crippen molar-refractivity contribution < 1.29 is 23.9 Å². The summed E-state index contributed by atoms with van der Waals surface area (Å²) in [5.74, 6) is -0.346. The van der Waals surface area contributed by atoms with E-state index in [-0.39, 0.29) is 29.9 Å². The number of benzene rings is 1. The van der Waals surface area contributed by atoms with Gasteiger partial charge in [0.05, 0.1) is 22.2 Å². The minimum atomic E-state index is -0.304. The molecule has 0 atom stereocenters. The van der Waals surface area contributed by atoms with Crippen LogP contribution < -0.4 is 0 Å². The molecule has 4 aliphatic rings. The number of carbonyl (C=O) groups excluding carboxylic acids is 3. The van der Waals surface area contributed by atoms with Crippen molar-refractivity contribution in [2.45, 2.75) is 58.1 Å². The number of carbonyl (C=O) groups is 3. The molecule has 170 valence electrons. The Labute approximate surface area is 188 Å². The fraction of sp³-hybridized carbons (Fsp3) is 0.560. The average Bonchev–Trinajstić information content (AvgIpc) is 3.44. The number of likely N-dealkylation sites (tertiary alicyclic amines) is 1. The third kappa shape index (κ3) is 3.52. The highest BCUT2D eigenvalue weighted by atomic mass is 16.5. The molecular weight excluding hydrogens is 408 g/mol. The van der Waals surface area contributed by atoms with Gasteiger partial charge in [-0.05, 0) is 64.1 Å². The predicted molar refractivity (Wildman–Crippen MR) is 117 cm³/mol. The second-order valence-electron chi connectivity index (χ2n) is 9.66. The first kappa shape index (κ1) is 21.2. The molecule has 1 saturated carbocycles. The Morgan fingerprint density at radius 1 is 1.06 bits per heavy atom. The molecule has 1 amide bonds. The van der Waals surface area contributed by atoms with Gasteiger partial charge in [0.2, 0.25) is 5.91 Å². The lowest BCUT2D eigenvalue weighted by atomic mass is 9.71. The van der Waals surface area contributed by atoms with Gasteiger partial charge in [-0.15, -0.1) is 0 Å². The van der Waals surface area contributed by atoms with Gasteiger partial charge in [-0.1, -0.05) is 12.1 Å². The Morgan fingerprint density at radius 2 is 1.81 bits per heavy atom. The molecule has 0 unspecified atom stereocenters. The number of ether oxygens (including phenoxy) is 2. The summed E-state index contributed by atoms with van der Waals surface area (Å²) in [6.45, 7) is 3.98. The summed E-state index contributed by atoms with van der Waals surface area (Å²) < 4.78 is 10.2. The quantitative estimate of drug-likeness (QED) is 0.658. The van der Waals surface area contributed by atoms with Gasteiger partial charge in [-0.2, -0.15) is 0 Å². The first-order chi connectivity index (χ1) is 15.4. The van der Waals surface area contributed by atoms with E-state index >= 15 is 0 Å². The van der Waals surface area contributed by atoms with Crippen LogP contribution in [0.25, 0.3) is 0 Å². The number of rotatable bonds is 5. The Balaban J connectivity index is 1.16. The summed E-state index contributed by atoms with van der Waals surface area (Å²) in [4.78, 5) is 40.9. The van der Waals surface area contributed by atoms with Gasteiger partial charge in [0.25, 0.3) is 0 Å². The van der Waals surface area contributed by atoms with Crippen molar-refractivity contribution in [3.63, 3.8) is 0 Å². The van der Waals surface area contributed by atoms with E-state index in [0.29, 0.717) is 30.3 Å². The molecule has 7 nitrogen and oxygen atoms in total. The van der Waals surface area contributed by atoms with Crippen LogP contribution in [0.2, 0.25) is 0 Å². The number of hydrogen-bond acceptors (Lipinski definition) is 6. The van der Waals surface area contributed by atoms with Gasteiger partial charge in [-0.25, -0.2) is 9.59 Å². The topological polar surface area (TPSA) is 76.2 Å². The Hall–Kier alpha value is -2.67. The number of fused-ring (bicyclic) bond motifs is 1. The van der Waals surface area contributed by atoms with E-state index in [2.05, 4.69) is 18.0 Å². The van der Waals surface area contributed by atoms with Crippen LogP contribution >= 0.6 is 0 Å². The number of amides is 1. The monoisotopic (exact) mass is 438 g/mol. The standard InChI is InChI=1S/C25H30N2O5/c1-16-21(15-32-22(16)28)27-12-10-25(24(27)30)8-5-19(6-9-25)26(2)11-7-17-3-4-20-18(13-17)14-31-23(20)29/h3-4,13,19H,5-12,14-15H2,1-2H3/t19-,25+. The molecule has 0 radical (unpaired) electrons. The Bertz CT molecular complexity index is 1010. The Morgan fingerprint density at radius 3 is 2.53 bits per heavy atom. The number of cyclic esters (lactones) is 2. The molecule has 7 heteroatoms. The Kier molecular flexibility index (Phi) is 5.32. The summed E-state index contributed by atoms with van der Waals surface area (Å²) in [6, 6.07) is 6.46. The lowest BCUT2D eigenvalue weighted by Gasteiger charge is -2.39. The lowest BCUT2D eigenvalue weighted by Crippen LogP contribution is -2.43. The van der Waals surface area contributed by atoms with Crippen molar-refractivity contribution in [2.24, 2.45) is 5.41 Å². The molecule has 0 N–H and O–H groups in total. The highest BCUT2D eigenvalue weighted by Crippen LogP contribution is 2.47. The molecule has 5 rings (SSSR count). The third-order valence-electron chi connectivity index (χ3n) is 7.95.